The van der Waals surface area contributed by atoms with Gasteiger partial charge in [-0.3, -0.25) is 9.59 Å². The van der Waals surface area contributed by atoms with Crippen molar-refractivity contribution < 1.29 is 24.0 Å². The summed E-state index contributed by atoms with van der Waals surface area (Å²) >= 11 is 0. The Morgan fingerprint density at radius 2 is 1.73 bits per heavy atom. The number of aryl methyl sites for hydroxylation is 2. The molecule has 7 heteroatoms. The first-order valence-corrected chi connectivity index (χ1v) is 10.1. The number of carbonyl (C=O) groups is 2. The molecular formula is C23H30N3O4+. The Kier molecular flexibility index (Phi) is 6.95. The highest BCUT2D eigenvalue weighted by Gasteiger charge is 2.25. The summed E-state index contributed by atoms with van der Waals surface area (Å²) in [7, 11) is 3.59. The van der Waals surface area contributed by atoms with E-state index in [2.05, 4.69) is 5.32 Å². The highest BCUT2D eigenvalue weighted by molar-refractivity contribution is 5.93. The number of benzene rings is 2. The molecule has 2 atom stereocenters. The minimum absolute atomic E-state index is 0.0465. The molecule has 7 nitrogen and oxygen atoms in total. The smallest absolute Gasteiger partial charge is 0.279 e. The highest BCUT2D eigenvalue weighted by Crippen LogP contribution is 2.30. The third kappa shape index (κ3) is 5.51. The van der Waals surface area contributed by atoms with Crippen LogP contribution < -0.4 is 19.7 Å². The van der Waals surface area contributed by atoms with E-state index < -0.39 is 0 Å². The molecule has 0 saturated heterocycles. The number of nitrogens with zero attached hydrogens (tertiary/aromatic N) is 1. The van der Waals surface area contributed by atoms with Crippen molar-refractivity contribution >= 4 is 17.5 Å². The van der Waals surface area contributed by atoms with Gasteiger partial charge in [0.15, 0.2) is 30.7 Å². The van der Waals surface area contributed by atoms with Gasteiger partial charge in [-0.2, -0.15) is 0 Å². The van der Waals surface area contributed by atoms with E-state index in [9.17, 15) is 9.59 Å². The predicted molar refractivity (Wildman–Crippen MR) is 115 cm³/mol. The number of rotatable bonds is 7. The third-order valence-corrected chi connectivity index (χ3v) is 5.13. The molecule has 1 aliphatic heterocycles. The number of hydrogen-bond donors (Lipinski definition) is 2. The first-order chi connectivity index (χ1) is 14.3. The maximum absolute atomic E-state index is 12.6. The number of carbonyl (C=O) groups excluding carboxylic acids is 2. The lowest BCUT2D eigenvalue weighted by Gasteiger charge is -2.29. The van der Waals surface area contributed by atoms with Gasteiger partial charge in [0.2, 0.25) is 0 Å². The first-order valence-electron chi connectivity index (χ1n) is 10.1. The molecule has 0 radical (unpaired) electrons. The van der Waals surface area contributed by atoms with E-state index in [4.69, 9.17) is 9.47 Å². The van der Waals surface area contributed by atoms with Gasteiger partial charge in [0.05, 0.1) is 13.6 Å². The number of quaternary nitrogens is 1. The summed E-state index contributed by atoms with van der Waals surface area (Å²) in [5, 5.41) is 2.97. The molecule has 0 saturated carbocycles. The topological polar surface area (TPSA) is 72.3 Å². The molecule has 0 spiro atoms. The van der Waals surface area contributed by atoms with Crippen molar-refractivity contribution in [1.29, 1.82) is 0 Å². The Labute approximate surface area is 177 Å². The molecule has 160 valence electrons. The van der Waals surface area contributed by atoms with E-state index in [1.54, 1.807) is 11.9 Å². The molecule has 2 amide bonds. The standard InChI is InChI=1S/C23H29N3O4/c1-16-8-7-9-17(2)23(16)24-21(27)13-25(3)14-22(28)26(4)12-18-15-29-19-10-5-6-11-20(19)30-18/h5-11,18H,12-15H2,1-4H3,(H,24,27)/p+1/t18-/m1/s1. The van der Waals surface area contributed by atoms with E-state index in [1.807, 2.05) is 63.4 Å². The van der Waals surface area contributed by atoms with Gasteiger partial charge in [-0.05, 0) is 37.1 Å². The van der Waals surface area contributed by atoms with Crippen LogP contribution >= 0.6 is 0 Å². The van der Waals surface area contributed by atoms with E-state index in [1.165, 1.54) is 0 Å². The lowest BCUT2D eigenvalue weighted by molar-refractivity contribution is -0.862. The second-order valence-corrected chi connectivity index (χ2v) is 7.90. The van der Waals surface area contributed by atoms with E-state index in [-0.39, 0.29) is 31.0 Å². The zero-order valence-electron chi connectivity index (χ0n) is 18.0. The van der Waals surface area contributed by atoms with Gasteiger partial charge in [-0.1, -0.05) is 30.3 Å². The fourth-order valence-electron chi connectivity index (χ4n) is 3.49. The van der Waals surface area contributed by atoms with Crippen LogP contribution in [0.3, 0.4) is 0 Å². The van der Waals surface area contributed by atoms with Gasteiger partial charge >= 0.3 is 0 Å². The summed E-state index contributed by atoms with van der Waals surface area (Å²) in [6, 6.07) is 13.4. The number of amides is 2. The van der Waals surface area contributed by atoms with E-state index >= 15 is 0 Å². The number of para-hydroxylation sites is 3. The van der Waals surface area contributed by atoms with Crippen molar-refractivity contribution in [3.05, 3.63) is 53.6 Å². The zero-order chi connectivity index (χ0) is 21.7. The first kappa shape index (κ1) is 21.6. The van der Waals surface area contributed by atoms with Gasteiger partial charge in [-0.15, -0.1) is 0 Å². The summed E-state index contributed by atoms with van der Waals surface area (Å²) in [4.78, 5) is 27.5. The van der Waals surface area contributed by atoms with E-state index in [0.29, 0.717) is 18.9 Å². The van der Waals surface area contributed by atoms with Gasteiger partial charge in [-0.25, -0.2) is 0 Å². The van der Waals surface area contributed by atoms with Crippen molar-refractivity contribution in [2.75, 3.05) is 45.7 Å². The fourth-order valence-corrected chi connectivity index (χ4v) is 3.49. The highest BCUT2D eigenvalue weighted by atomic mass is 16.6. The molecule has 30 heavy (non-hydrogen) atoms. The molecule has 0 aliphatic carbocycles. The minimum atomic E-state index is -0.221. The van der Waals surface area contributed by atoms with Gasteiger partial charge < -0.3 is 24.6 Å². The van der Waals surface area contributed by atoms with Gasteiger partial charge in [0.1, 0.15) is 6.61 Å². The summed E-state index contributed by atoms with van der Waals surface area (Å²) in [5.41, 5.74) is 2.88. The molecule has 2 N–H and O–H groups in total. The Morgan fingerprint density at radius 3 is 2.43 bits per heavy atom. The third-order valence-electron chi connectivity index (χ3n) is 5.13. The molecule has 1 aliphatic rings. The second-order valence-electron chi connectivity index (χ2n) is 7.90. The molecule has 2 aromatic carbocycles. The van der Waals surface area contributed by atoms with Crippen molar-refractivity contribution in [3.63, 3.8) is 0 Å². The van der Waals surface area contributed by atoms with Crippen LogP contribution in [0.25, 0.3) is 0 Å². The Bertz CT molecular complexity index is 895. The quantitative estimate of drug-likeness (QED) is 0.713. The van der Waals surface area contributed by atoms with Crippen LogP contribution in [0, 0.1) is 13.8 Å². The molecular weight excluding hydrogens is 382 g/mol. The maximum Gasteiger partial charge on any atom is 0.279 e. The number of ether oxygens (including phenoxy) is 2. The summed E-state index contributed by atoms with van der Waals surface area (Å²) in [5.74, 6) is 1.26. The summed E-state index contributed by atoms with van der Waals surface area (Å²) < 4.78 is 11.6. The van der Waals surface area contributed by atoms with Crippen LogP contribution in [0.1, 0.15) is 11.1 Å². The van der Waals surface area contributed by atoms with Gasteiger partial charge in [0, 0.05) is 12.7 Å². The SMILES string of the molecule is Cc1cccc(C)c1NC(=O)C[NH+](C)CC(=O)N(C)C[C@@H]1COc2ccccc2O1. The maximum atomic E-state index is 12.6. The van der Waals surface area contributed by atoms with Gasteiger partial charge in [0.25, 0.3) is 11.8 Å². The predicted octanol–water partition coefficient (Wildman–Crippen LogP) is 1.06. The molecule has 1 heterocycles. The van der Waals surface area contributed by atoms with Crippen LogP contribution in [0.15, 0.2) is 42.5 Å². The van der Waals surface area contributed by atoms with Crippen LogP contribution in [-0.2, 0) is 9.59 Å². The summed E-state index contributed by atoms with van der Waals surface area (Å²) in [6.45, 7) is 5.19. The van der Waals surface area contributed by atoms with Crippen LogP contribution in [0.5, 0.6) is 11.5 Å². The lowest BCUT2D eigenvalue weighted by atomic mass is 10.1. The Morgan fingerprint density at radius 1 is 1.07 bits per heavy atom. The normalized spacial score (nSPS) is 15.9. The summed E-state index contributed by atoms with van der Waals surface area (Å²) in [6.07, 6.45) is -0.221. The number of anilines is 1. The number of hydrogen-bond acceptors (Lipinski definition) is 4. The fraction of sp³-hybridized carbons (Fsp3) is 0.391. The number of nitrogens with one attached hydrogen (secondary N) is 2. The average Bonchev–Trinajstić information content (AvgIpc) is 2.70. The Balaban J connectivity index is 1.46. The van der Waals surface area contributed by atoms with Crippen LogP contribution in [0.2, 0.25) is 0 Å². The van der Waals surface area contributed by atoms with Crippen molar-refractivity contribution in [1.82, 2.24) is 4.90 Å². The average molecular weight is 413 g/mol. The monoisotopic (exact) mass is 412 g/mol. The van der Waals surface area contributed by atoms with Crippen LogP contribution in [0.4, 0.5) is 5.69 Å². The van der Waals surface area contributed by atoms with E-state index in [0.717, 1.165) is 27.5 Å². The molecule has 2 aromatic rings. The Hall–Kier alpha value is -3.06. The van der Waals surface area contributed by atoms with Crippen LogP contribution in [-0.4, -0.2) is 63.2 Å². The molecule has 3 rings (SSSR count). The number of likely N-dealkylation sites (N-methyl/N-ethyl adjacent to an activating group) is 2. The molecule has 0 aromatic heterocycles. The second kappa shape index (κ2) is 9.63. The molecule has 1 unspecified atom stereocenters. The molecule has 0 bridgehead atoms. The number of fused-ring (bicyclic) bond motifs is 1. The van der Waals surface area contributed by atoms with Crippen molar-refractivity contribution in [2.45, 2.75) is 20.0 Å². The van der Waals surface area contributed by atoms with Crippen molar-refractivity contribution in [3.8, 4) is 11.5 Å². The largest absolute Gasteiger partial charge is 0.486 e. The molecule has 0 fully saturated rings. The minimum Gasteiger partial charge on any atom is -0.486 e. The van der Waals surface area contributed by atoms with Crippen molar-refractivity contribution in [2.24, 2.45) is 0 Å². The zero-order valence-corrected chi connectivity index (χ0v) is 18.0. The lowest BCUT2D eigenvalue weighted by Crippen LogP contribution is -3.11.